The molecule has 0 bridgehead atoms. The van der Waals surface area contributed by atoms with Crippen molar-refractivity contribution in [2.75, 3.05) is 13.3 Å². The minimum Gasteiger partial charge on any atom is -0.459 e. The van der Waals surface area contributed by atoms with Crippen molar-refractivity contribution in [1.29, 1.82) is 0 Å². The molecule has 0 spiro atoms. The van der Waals surface area contributed by atoms with Crippen molar-refractivity contribution in [3.05, 3.63) is 71.9 Å². The van der Waals surface area contributed by atoms with Crippen LogP contribution in [0.5, 0.6) is 0 Å². The zero-order valence-electron chi connectivity index (χ0n) is 19.2. The Morgan fingerprint density at radius 2 is 1.58 bits per heavy atom. The highest BCUT2D eigenvalue weighted by Gasteiger charge is 2.30. The Morgan fingerprint density at radius 3 is 2.27 bits per heavy atom. The third-order valence-corrected chi connectivity index (χ3v) is 5.05. The van der Waals surface area contributed by atoms with Crippen LogP contribution >= 0.6 is 0 Å². The number of hydrogen-bond donors (Lipinski definition) is 0. The zero-order valence-corrected chi connectivity index (χ0v) is 19.2. The fraction of sp³-hybridized carbons (Fsp3) is 0.320. The summed E-state index contributed by atoms with van der Waals surface area (Å²) < 4.78 is 17.4. The first-order valence-corrected chi connectivity index (χ1v) is 10.5. The molecule has 0 aliphatic carbocycles. The maximum Gasteiger partial charge on any atom is 0.413 e. The molecule has 2 aromatic carbocycles. The third-order valence-electron chi connectivity index (χ3n) is 5.05. The molecule has 1 heterocycles. The van der Waals surface area contributed by atoms with Gasteiger partial charge in [-0.25, -0.2) is 9.59 Å². The Bertz CT molecular complexity index is 1130. The van der Waals surface area contributed by atoms with E-state index in [1.54, 1.807) is 27.0 Å². The van der Waals surface area contributed by atoms with Crippen LogP contribution in [0.15, 0.2) is 60.8 Å². The molecule has 33 heavy (non-hydrogen) atoms. The van der Waals surface area contributed by atoms with Crippen LogP contribution in [0.3, 0.4) is 0 Å². The van der Waals surface area contributed by atoms with Crippen molar-refractivity contribution in [1.82, 2.24) is 9.47 Å². The van der Waals surface area contributed by atoms with Gasteiger partial charge in [0.05, 0.1) is 5.56 Å². The van der Waals surface area contributed by atoms with Crippen LogP contribution in [0.2, 0.25) is 0 Å². The topological polar surface area (TPSA) is 87.1 Å². The van der Waals surface area contributed by atoms with Crippen molar-refractivity contribution in [3.8, 4) is 0 Å². The normalized spacial score (nSPS) is 11.2. The SMILES string of the molecule is Cn1cc(C(=O)OCOC(=O)N(CC(=O)OCc2ccccc2)C(C)(C)C)c2ccccc21. The molecule has 0 aliphatic rings. The summed E-state index contributed by atoms with van der Waals surface area (Å²) >= 11 is 0. The van der Waals surface area contributed by atoms with Gasteiger partial charge in [0.1, 0.15) is 13.2 Å². The predicted octanol–water partition coefficient (Wildman–Crippen LogP) is 4.27. The fourth-order valence-corrected chi connectivity index (χ4v) is 3.28. The number of rotatable bonds is 7. The fourth-order valence-electron chi connectivity index (χ4n) is 3.28. The summed E-state index contributed by atoms with van der Waals surface area (Å²) in [5.41, 5.74) is 1.38. The lowest BCUT2D eigenvalue weighted by molar-refractivity contribution is -0.147. The first-order chi connectivity index (χ1) is 15.7. The molecule has 0 saturated heterocycles. The van der Waals surface area contributed by atoms with Crippen LogP contribution in [0.4, 0.5) is 4.79 Å². The number of aromatic nitrogens is 1. The van der Waals surface area contributed by atoms with Gasteiger partial charge in [-0.15, -0.1) is 0 Å². The standard InChI is InChI=1S/C25H28N2O6/c1-25(2,3)27(15-22(28)31-16-18-10-6-5-7-11-18)24(30)33-17-32-23(29)20-14-26(4)21-13-9-8-12-19(20)21/h5-14H,15-17H2,1-4H3. The lowest BCUT2D eigenvalue weighted by Crippen LogP contribution is -2.49. The van der Waals surface area contributed by atoms with E-state index in [1.807, 2.05) is 66.2 Å². The average molecular weight is 453 g/mol. The van der Waals surface area contributed by atoms with Crippen molar-refractivity contribution in [2.24, 2.45) is 7.05 Å². The first-order valence-electron chi connectivity index (χ1n) is 10.5. The van der Waals surface area contributed by atoms with Crippen molar-refractivity contribution >= 4 is 28.9 Å². The molecule has 3 rings (SSSR count). The van der Waals surface area contributed by atoms with Gasteiger partial charge in [-0.3, -0.25) is 9.69 Å². The number of esters is 2. The molecular weight excluding hydrogens is 424 g/mol. The molecule has 174 valence electrons. The Kier molecular flexibility index (Phi) is 7.37. The van der Waals surface area contributed by atoms with Crippen LogP contribution in [0, 0.1) is 0 Å². The molecule has 8 nitrogen and oxygen atoms in total. The van der Waals surface area contributed by atoms with Gasteiger partial charge in [0.25, 0.3) is 0 Å². The highest BCUT2D eigenvalue weighted by atomic mass is 16.7. The summed E-state index contributed by atoms with van der Waals surface area (Å²) in [6, 6.07) is 16.7. The van der Waals surface area contributed by atoms with Gasteiger partial charge in [-0.2, -0.15) is 0 Å². The second-order valence-corrected chi connectivity index (χ2v) is 8.53. The van der Waals surface area contributed by atoms with E-state index in [-0.39, 0.29) is 13.2 Å². The predicted molar refractivity (Wildman–Crippen MR) is 122 cm³/mol. The Labute approximate surface area is 192 Å². The number of hydrogen-bond acceptors (Lipinski definition) is 6. The number of amides is 1. The maximum absolute atomic E-state index is 12.6. The minimum atomic E-state index is -0.787. The van der Waals surface area contributed by atoms with Crippen LogP contribution < -0.4 is 0 Å². The van der Waals surface area contributed by atoms with E-state index in [4.69, 9.17) is 14.2 Å². The van der Waals surface area contributed by atoms with Crippen LogP contribution in [0.25, 0.3) is 10.9 Å². The van der Waals surface area contributed by atoms with E-state index in [9.17, 15) is 14.4 Å². The molecule has 0 N–H and O–H groups in total. The van der Waals surface area contributed by atoms with Crippen molar-refractivity contribution in [2.45, 2.75) is 32.9 Å². The van der Waals surface area contributed by atoms with E-state index in [1.165, 1.54) is 4.90 Å². The van der Waals surface area contributed by atoms with Gasteiger partial charge in [0.2, 0.25) is 6.79 Å². The maximum atomic E-state index is 12.6. The number of para-hydroxylation sites is 1. The van der Waals surface area contributed by atoms with Crippen LogP contribution in [0.1, 0.15) is 36.7 Å². The second kappa shape index (κ2) is 10.2. The van der Waals surface area contributed by atoms with E-state index >= 15 is 0 Å². The smallest absolute Gasteiger partial charge is 0.413 e. The largest absolute Gasteiger partial charge is 0.459 e. The average Bonchev–Trinajstić information content (AvgIpc) is 3.12. The van der Waals surface area contributed by atoms with E-state index < -0.39 is 30.4 Å². The number of carbonyl (C=O) groups excluding carboxylic acids is 3. The van der Waals surface area contributed by atoms with Gasteiger partial charge < -0.3 is 18.8 Å². The molecule has 1 amide bonds. The highest BCUT2D eigenvalue weighted by molar-refractivity contribution is 6.04. The van der Waals surface area contributed by atoms with Gasteiger partial charge in [0.15, 0.2) is 0 Å². The summed E-state index contributed by atoms with van der Waals surface area (Å²) in [5, 5.41) is 0.744. The molecule has 0 fully saturated rings. The van der Waals surface area contributed by atoms with Crippen LogP contribution in [-0.4, -0.2) is 46.4 Å². The Morgan fingerprint density at radius 1 is 0.909 bits per heavy atom. The molecular formula is C25H28N2O6. The Hall–Kier alpha value is -3.81. The molecule has 0 atom stereocenters. The summed E-state index contributed by atoms with van der Waals surface area (Å²) in [6.45, 7) is 4.52. The number of nitrogens with zero attached hydrogens (tertiary/aromatic N) is 2. The number of ether oxygens (including phenoxy) is 3. The number of fused-ring (bicyclic) bond motifs is 1. The molecule has 0 unspecified atom stereocenters. The molecule has 1 aromatic heterocycles. The summed E-state index contributed by atoms with van der Waals surface area (Å²) in [7, 11) is 1.83. The second-order valence-electron chi connectivity index (χ2n) is 8.53. The number of benzene rings is 2. The van der Waals surface area contributed by atoms with Crippen molar-refractivity contribution < 1.29 is 28.6 Å². The molecule has 0 saturated carbocycles. The number of aryl methyl sites for hydroxylation is 1. The minimum absolute atomic E-state index is 0.106. The highest BCUT2D eigenvalue weighted by Crippen LogP contribution is 2.21. The van der Waals surface area contributed by atoms with Gasteiger partial charge in [-0.05, 0) is 32.4 Å². The van der Waals surface area contributed by atoms with E-state index in [2.05, 4.69) is 0 Å². The monoisotopic (exact) mass is 452 g/mol. The van der Waals surface area contributed by atoms with Crippen molar-refractivity contribution in [3.63, 3.8) is 0 Å². The molecule has 8 heteroatoms. The summed E-state index contributed by atoms with van der Waals surface area (Å²) in [5.74, 6) is -1.18. The quantitative estimate of drug-likeness (QED) is 0.393. The van der Waals surface area contributed by atoms with E-state index in [0.29, 0.717) is 5.56 Å². The molecule has 0 aliphatic heterocycles. The molecule has 3 aromatic rings. The van der Waals surface area contributed by atoms with Gasteiger partial charge in [0, 0.05) is 29.7 Å². The van der Waals surface area contributed by atoms with Gasteiger partial charge >= 0.3 is 18.0 Å². The third kappa shape index (κ3) is 6.12. The lowest BCUT2D eigenvalue weighted by atomic mass is 10.1. The van der Waals surface area contributed by atoms with E-state index in [0.717, 1.165) is 16.5 Å². The number of carbonyl (C=O) groups is 3. The zero-order chi connectivity index (χ0) is 24.0. The lowest BCUT2D eigenvalue weighted by Gasteiger charge is -2.33. The van der Waals surface area contributed by atoms with Gasteiger partial charge in [-0.1, -0.05) is 48.5 Å². The molecule has 0 radical (unpaired) electrons. The van der Waals surface area contributed by atoms with Crippen LogP contribution in [-0.2, 0) is 32.7 Å². The summed E-state index contributed by atoms with van der Waals surface area (Å²) in [6.07, 6.45) is 0.879. The first kappa shape index (κ1) is 23.8. The Balaban J connectivity index is 1.55. The summed E-state index contributed by atoms with van der Waals surface area (Å²) in [4.78, 5) is 38.7.